The largest absolute Gasteiger partial charge is 0.327 e. The van der Waals surface area contributed by atoms with Crippen LogP contribution in [0.2, 0.25) is 0 Å². The molecular formula is C12H17NS. The van der Waals surface area contributed by atoms with Crippen molar-refractivity contribution in [2.75, 3.05) is 6.26 Å². The first kappa shape index (κ1) is 10.1. The van der Waals surface area contributed by atoms with Gasteiger partial charge in [0.05, 0.1) is 0 Å². The van der Waals surface area contributed by atoms with E-state index < -0.39 is 0 Å². The summed E-state index contributed by atoms with van der Waals surface area (Å²) in [6, 6.07) is 9.09. The van der Waals surface area contributed by atoms with E-state index in [4.69, 9.17) is 5.73 Å². The highest BCUT2D eigenvalue weighted by Gasteiger charge is 2.47. The molecular weight excluding hydrogens is 190 g/mol. The van der Waals surface area contributed by atoms with Gasteiger partial charge in [0.2, 0.25) is 0 Å². The lowest BCUT2D eigenvalue weighted by molar-refractivity contribution is 0.555. The predicted octanol–water partition coefficient (Wildman–Crippen LogP) is 2.79. The van der Waals surface area contributed by atoms with Crippen LogP contribution in [0.1, 0.15) is 25.3 Å². The molecule has 1 saturated carbocycles. The lowest BCUT2D eigenvalue weighted by Gasteiger charge is -2.20. The van der Waals surface area contributed by atoms with Gasteiger partial charge in [-0.25, -0.2) is 0 Å². The number of rotatable bonds is 3. The zero-order valence-corrected chi connectivity index (χ0v) is 9.60. The van der Waals surface area contributed by atoms with Crippen molar-refractivity contribution in [1.29, 1.82) is 0 Å². The Hall–Kier alpha value is -0.470. The van der Waals surface area contributed by atoms with E-state index in [0.717, 1.165) is 0 Å². The second-order valence-electron chi connectivity index (χ2n) is 4.18. The molecule has 1 aromatic carbocycles. The molecule has 0 spiro atoms. The molecule has 0 aromatic heterocycles. The Morgan fingerprint density at radius 1 is 1.43 bits per heavy atom. The van der Waals surface area contributed by atoms with Gasteiger partial charge in [-0.2, -0.15) is 0 Å². The van der Waals surface area contributed by atoms with Crippen LogP contribution in [0, 0.1) is 0 Å². The average Bonchev–Trinajstić information content (AvgIpc) is 2.98. The van der Waals surface area contributed by atoms with Crippen LogP contribution in [0.4, 0.5) is 0 Å². The van der Waals surface area contributed by atoms with Crippen LogP contribution in [0.15, 0.2) is 29.2 Å². The molecule has 0 heterocycles. The first-order chi connectivity index (χ1) is 6.69. The Kier molecular flexibility index (Phi) is 2.58. The van der Waals surface area contributed by atoms with Gasteiger partial charge >= 0.3 is 0 Å². The number of benzene rings is 1. The highest BCUT2D eigenvalue weighted by atomic mass is 32.2. The van der Waals surface area contributed by atoms with Gasteiger partial charge < -0.3 is 5.73 Å². The summed E-state index contributed by atoms with van der Waals surface area (Å²) in [7, 11) is 0. The zero-order chi connectivity index (χ0) is 10.2. The lowest BCUT2D eigenvalue weighted by atomic mass is 9.90. The van der Waals surface area contributed by atoms with Crippen molar-refractivity contribution in [1.82, 2.24) is 0 Å². The maximum absolute atomic E-state index is 6.05. The van der Waals surface area contributed by atoms with E-state index in [-0.39, 0.29) is 6.04 Å². The highest BCUT2D eigenvalue weighted by molar-refractivity contribution is 7.98. The van der Waals surface area contributed by atoms with Gasteiger partial charge in [-0.05, 0) is 43.7 Å². The van der Waals surface area contributed by atoms with Crippen molar-refractivity contribution < 1.29 is 0 Å². The molecule has 1 aromatic rings. The summed E-state index contributed by atoms with van der Waals surface area (Å²) in [4.78, 5) is 1.34. The van der Waals surface area contributed by atoms with Crippen LogP contribution in [0.3, 0.4) is 0 Å². The van der Waals surface area contributed by atoms with E-state index in [2.05, 4.69) is 37.4 Å². The van der Waals surface area contributed by atoms with Crippen LogP contribution < -0.4 is 5.73 Å². The Morgan fingerprint density at radius 2 is 2.14 bits per heavy atom. The monoisotopic (exact) mass is 207 g/mol. The standard InChI is InChI=1S/C12H17NS/c1-9(13)12(6-7-12)10-4-3-5-11(8-10)14-2/h3-5,8-9H,6-7,13H2,1-2H3. The van der Waals surface area contributed by atoms with Gasteiger partial charge in [0.1, 0.15) is 0 Å². The topological polar surface area (TPSA) is 26.0 Å². The van der Waals surface area contributed by atoms with E-state index in [1.165, 1.54) is 23.3 Å². The van der Waals surface area contributed by atoms with Crippen LogP contribution in [0.25, 0.3) is 0 Å². The summed E-state index contributed by atoms with van der Waals surface area (Å²) in [5.41, 5.74) is 7.78. The molecule has 1 fully saturated rings. The quantitative estimate of drug-likeness (QED) is 0.771. The average molecular weight is 207 g/mol. The zero-order valence-electron chi connectivity index (χ0n) is 8.79. The smallest absolute Gasteiger partial charge is 0.0108 e. The third-order valence-electron chi connectivity index (χ3n) is 3.30. The Bertz CT molecular complexity index is 329. The van der Waals surface area contributed by atoms with Crippen molar-refractivity contribution in [3.63, 3.8) is 0 Å². The molecule has 1 atom stereocenters. The minimum Gasteiger partial charge on any atom is -0.327 e. The third kappa shape index (κ3) is 1.57. The Morgan fingerprint density at radius 3 is 2.64 bits per heavy atom. The van der Waals surface area contributed by atoms with Crippen molar-refractivity contribution >= 4 is 11.8 Å². The van der Waals surface area contributed by atoms with Crippen LogP contribution >= 0.6 is 11.8 Å². The molecule has 0 aliphatic heterocycles. The molecule has 0 bridgehead atoms. The molecule has 2 N–H and O–H groups in total. The van der Waals surface area contributed by atoms with E-state index >= 15 is 0 Å². The van der Waals surface area contributed by atoms with E-state index in [1.807, 2.05) is 0 Å². The minimum absolute atomic E-state index is 0.277. The van der Waals surface area contributed by atoms with Gasteiger partial charge in [-0.3, -0.25) is 0 Å². The van der Waals surface area contributed by atoms with Gasteiger partial charge in [-0.15, -0.1) is 11.8 Å². The number of nitrogens with two attached hydrogens (primary N) is 1. The maximum atomic E-state index is 6.05. The van der Waals surface area contributed by atoms with Crippen LogP contribution in [-0.4, -0.2) is 12.3 Å². The molecule has 76 valence electrons. The molecule has 14 heavy (non-hydrogen) atoms. The van der Waals surface area contributed by atoms with E-state index in [0.29, 0.717) is 5.41 Å². The lowest BCUT2D eigenvalue weighted by Crippen LogP contribution is -2.31. The second-order valence-corrected chi connectivity index (χ2v) is 5.06. The minimum atomic E-state index is 0.277. The number of thioether (sulfide) groups is 1. The summed E-state index contributed by atoms with van der Waals surface area (Å²) in [6.07, 6.45) is 4.62. The number of hydrogen-bond acceptors (Lipinski definition) is 2. The summed E-state index contributed by atoms with van der Waals surface area (Å²) in [5.74, 6) is 0. The molecule has 0 radical (unpaired) electrons. The normalized spacial score (nSPS) is 20.5. The Balaban J connectivity index is 2.32. The summed E-state index contributed by atoms with van der Waals surface area (Å²) >= 11 is 1.80. The van der Waals surface area contributed by atoms with Crippen molar-refractivity contribution in [3.05, 3.63) is 29.8 Å². The van der Waals surface area contributed by atoms with Crippen LogP contribution in [-0.2, 0) is 5.41 Å². The molecule has 1 nitrogen and oxygen atoms in total. The van der Waals surface area contributed by atoms with Crippen molar-refractivity contribution in [2.24, 2.45) is 5.73 Å². The van der Waals surface area contributed by atoms with E-state index in [9.17, 15) is 0 Å². The summed E-state index contributed by atoms with van der Waals surface area (Å²) in [6.45, 7) is 2.12. The van der Waals surface area contributed by atoms with Gasteiger partial charge in [0.25, 0.3) is 0 Å². The highest BCUT2D eigenvalue weighted by Crippen LogP contribution is 2.50. The molecule has 1 aliphatic rings. The Labute approximate surface area is 90.1 Å². The van der Waals surface area contributed by atoms with Gasteiger partial charge in [0, 0.05) is 16.4 Å². The van der Waals surface area contributed by atoms with Crippen LogP contribution in [0.5, 0.6) is 0 Å². The maximum Gasteiger partial charge on any atom is 0.0108 e. The fourth-order valence-electron chi connectivity index (χ4n) is 2.07. The molecule has 1 unspecified atom stereocenters. The molecule has 2 rings (SSSR count). The predicted molar refractivity (Wildman–Crippen MR) is 62.8 cm³/mol. The molecule has 0 amide bonds. The fourth-order valence-corrected chi connectivity index (χ4v) is 2.53. The SMILES string of the molecule is CSc1cccc(C2(C(C)N)CC2)c1. The second kappa shape index (κ2) is 3.59. The molecule has 2 heteroatoms. The summed E-state index contributed by atoms with van der Waals surface area (Å²) < 4.78 is 0. The van der Waals surface area contributed by atoms with Gasteiger partial charge in [0.15, 0.2) is 0 Å². The molecule has 0 saturated heterocycles. The third-order valence-corrected chi connectivity index (χ3v) is 4.03. The number of hydrogen-bond donors (Lipinski definition) is 1. The molecule has 1 aliphatic carbocycles. The fraction of sp³-hybridized carbons (Fsp3) is 0.500. The first-order valence-corrected chi connectivity index (χ1v) is 6.31. The summed E-state index contributed by atoms with van der Waals surface area (Å²) in [5, 5.41) is 0. The first-order valence-electron chi connectivity index (χ1n) is 5.09. The van der Waals surface area contributed by atoms with Gasteiger partial charge in [-0.1, -0.05) is 12.1 Å². The van der Waals surface area contributed by atoms with E-state index in [1.54, 1.807) is 11.8 Å². The van der Waals surface area contributed by atoms with Crippen molar-refractivity contribution in [2.45, 2.75) is 36.1 Å². The van der Waals surface area contributed by atoms with Crippen molar-refractivity contribution in [3.8, 4) is 0 Å².